The molecule has 5 heteroatoms. The predicted octanol–water partition coefficient (Wildman–Crippen LogP) is 6.85. The monoisotopic (exact) mass is 509 g/mol. The van der Waals surface area contributed by atoms with Crippen molar-refractivity contribution in [1.29, 1.82) is 0 Å². The molecule has 1 N–H and O–H groups in total. The SMILES string of the molecule is CC(C)(C)c1cc([PH+](c2ccccc2)c2ccccc2)c(O)c(C(C)(C)C)c1.[Cl][Ti][Cl]. The molecule has 164 valence electrons. The van der Waals surface area contributed by atoms with Crippen LogP contribution in [0.2, 0.25) is 0 Å². The molecule has 3 rings (SSSR count). The van der Waals surface area contributed by atoms with Crippen molar-refractivity contribution in [2.24, 2.45) is 0 Å². The van der Waals surface area contributed by atoms with Gasteiger partial charge in [0.05, 0.1) is 0 Å². The van der Waals surface area contributed by atoms with E-state index >= 15 is 0 Å². The number of halogens is 2. The fraction of sp³-hybridized carbons (Fsp3) is 0.308. The Morgan fingerprint density at radius 2 is 1.13 bits per heavy atom. The first-order valence-corrected chi connectivity index (χ1v) is 16.1. The van der Waals surface area contributed by atoms with E-state index in [4.69, 9.17) is 18.6 Å². The minimum atomic E-state index is -1.32. The van der Waals surface area contributed by atoms with Crippen molar-refractivity contribution in [3.05, 3.63) is 83.9 Å². The van der Waals surface area contributed by atoms with Gasteiger partial charge in [-0.25, -0.2) is 0 Å². The van der Waals surface area contributed by atoms with Crippen molar-refractivity contribution >= 4 is 42.4 Å². The Balaban J connectivity index is 0.00000107. The quantitative estimate of drug-likeness (QED) is 0.302. The number of hydrogen-bond acceptors (Lipinski definition) is 1. The standard InChI is InChI=1S/C26H31OP.2ClH.Ti/c1-25(2,3)19-17-22(26(4,5)6)24(27)23(18-19)28(20-13-9-7-10-14-20)21-15-11-8-12-16-21;;;/h7-18,27H,1-6H3;2*1H;/q;;;+2/p-1. The van der Waals surface area contributed by atoms with Crippen LogP contribution >= 0.6 is 26.5 Å². The molecule has 0 spiro atoms. The van der Waals surface area contributed by atoms with Crippen molar-refractivity contribution in [3.8, 4) is 5.75 Å². The van der Waals surface area contributed by atoms with E-state index in [0.717, 1.165) is 10.9 Å². The second-order valence-corrected chi connectivity index (χ2v) is 14.6. The van der Waals surface area contributed by atoms with Gasteiger partial charge >= 0.3 is 35.6 Å². The number of hydrogen-bond donors (Lipinski definition) is 1. The summed E-state index contributed by atoms with van der Waals surface area (Å²) in [5.41, 5.74) is 2.20. The average molecular weight is 510 g/mol. The van der Waals surface area contributed by atoms with E-state index < -0.39 is 25.0 Å². The molecule has 0 unspecified atom stereocenters. The first-order valence-electron chi connectivity index (χ1n) is 10.3. The number of phenols is 1. The fourth-order valence-corrected chi connectivity index (χ4v) is 6.20. The summed E-state index contributed by atoms with van der Waals surface area (Å²) in [6.45, 7) is 13.3. The van der Waals surface area contributed by atoms with Gasteiger partial charge in [-0.05, 0) is 46.7 Å². The van der Waals surface area contributed by atoms with Crippen LogP contribution in [0.15, 0.2) is 72.8 Å². The van der Waals surface area contributed by atoms with Gasteiger partial charge in [0.15, 0.2) is 5.75 Å². The van der Waals surface area contributed by atoms with Crippen LogP contribution in [0.3, 0.4) is 0 Å². The topological polar surface area (TPSA) is 20.2 Å². The summed E-state index contributed by atoms with van der Waals surface area (Å²) in [5, 5.41) is 15.1. The van der Waals surface area contributed by atoms with Crippen LogP contribution in [0, 0.1) is 0 Å². The van der Waals surface area contributed by atoms with Crippen molar-refractivity contribution < 1.29 is 22.1 Å². The zero-order valence-corrected chi connectivity index (χ0v) is 23.2. The Morgan fingerprint density at radius 3 is 1.48 bits per heavy atom. The molecule has 31 heavy (non-hydrogen) atoms. The van der Waals surface area contributed by atoms with Crippen molar-refractivity contribution in [2.45, 2.75) is 52.4 Å². The van der Waals surface area contributed by atoms with Gasteiger partial charge in [-0.15, -0.1) is 0 Å². The Labute approximate surface area is 205 Å². The fourth-order valence-electron chi connectivity index (χ4n) is 3.52. The Hall–Kier alpha value is -0.816. The molecule has 3 aromatic rings. The Kier molecular flexibility index (Phi) is 9.68. The third-order valence-electron chi connectivity index (χ3n) is 5.18. The average Bonchev–Trinajstić information content (AvgIpc) is 2.70. The molecule has 0 saturated heterocycles. The second-order valence-electron chi connectivity index (χ2n) is 9.60. The molecular formula is C26H32Cl2OPTi+. The van der Waals surface area contributed by atoms with E-state index in [2.05, 4.69) is 114 Å². The Morgan fingerprint density at radius 1 is 0.710 bits per heavy atom. The van der Waals surface area contributed by atoms with Crippen LogP contribution in [0.5, 0.6) is 5.75 Å². The first kappa shape index (κ1) is 26.4. The molecule has 1 nitrogen and oxygen atoms in total. The van der Waals surface area contributed by atoms with Gasteiger partial charge in [-0.2, -0.15) is 0 Å². The van der Waals surface area contributed by atoms with Gasteiger partial charge in [0.2, 0.25) is 0 Å². The molecule has 0 heterocycles. The van der Waals surface area contributed by atoms with E-state index in [-0.39, 0.29) is 10.8 Å². The maximum atomic E-state index is 11.4. The van der Waals surface area contributed by atoms with Crippen molar-refractivity contribution in [1.82, 2.24) is 0 Å². The van der Waals surface area contributed by atoms with E-state index in [1.165, 1.54) is 16.2 Å². The maximum absolute atomic E-state index is 11.4. The molecule has 0 bridgehead atoms. The molecule has 0 aliphatic carbocycles. The van der Waals surface area contributed by atoms with E-state index in [9.17, 15) is 5.11 Å². The summed E-state index contributed by atoms with van der Waals surface area (Å²) in [6.07, 6.45) is 0. The summed E-state index contributed by atoms with van der Waals surface area (Å²) in [7, 11) is 8.46. The van der Waals surface area contributed by atoms with E-state index in [1.54, 1.807) is 0 Å². The summed E-state index contributed by atoms with van der Waals surface area (Å²) in [5.74, 6) is 0.460. The van der Waals surface area contributed by atoms with Gasteiger partial charge in [0, 0.05) is 5.56 Å². The van der Waals surface area contributed by atoms with Crippen LogP contribution in [0.4, 0.5) is 0 Å². The second kappa shape index (κ2) is 11.4. The minimum absolute atomic E-state index is 0.0167. The zero-order chi connectivity index (χ0) is 23.2. The number of phenolic OH excluding ortho intramolecular Hbond substituents is 1. The first-order chi connectivity index (χ1) is 14.5. The zero-order valence-electron chi connectivity index (χ0n) is 19.1. The summed E-state index contributed by atoms with van der Waals surface area (Å²) < 4.78 is 0. The van der Waals surface area contributed by atoms with Crippen molar-refractivity contribution in [2.75, 3.05) is 0 Å². The molecule has 0 atom stereocenters. The third kappa shape index (κ3) is 7.08. The van der Waals surface area contributed by atoms with Gasteiger partial charge < -0.3 is 5.11 Å². The van der Waals surface area contributed by atoms with Gasteiger partial charge in [0.1, 0.15) is 23.8 Å². The number of aromatic hydroxyl groups is 1. The molecule has 0 aromatic heterocycles. The molecular weight excluding hydrogens is 478 g/mol. The molecule has 0 amide bonds. The number of rotatable bonds is 3. The molecule has 0 saturated carbocycles. The normalized spacial score (nSPS) is 11.6. The molecule has 3 aromatic carbocycles. The molecule has 0 aliphatic rings. The summed E-state index contributed by atoms with van der Waals surface area (Å²) in [6, 6.07) is 25.7. The van der Waals surface area contributed by atoms with E-state index in [0.29, 0.717) is 5.75 Å². The van der Waals surface area contributed by atoms with Gasteiger partial charge in [-0.1, -0.05) is 84.0 Å². The predicted molar refractivity (Wildman–Crippen MR) is 137 cm³/mol. The summed E-state index contributed by atoms with van der Waals surface area (Å²) >= 11 is -0.556. The van der Waals surface area contributed by atoms with Crippen molar-refractivity contribution in [3.63, 3.8) is 0 Å². The summed E-state index contributed by atoms with van der Waals surface area (Å²) in [4.78, 5) is 0. The number of benzene rings is 3. The van der Waals surface area contributed by atoms with Crippen LogP contribution in [0.25, 0.3) is 0 Å². The van der Waals surface area contributed by atoms with Crippen LogP contribution in [-0.2, 0) is 27.9 Å². The van der Waals surface area contributed by atoms with Crippen LogP contribution < -0.4 is 15.9 Å². The molecule has 0 aliphatic heterocycles. The van der Waals surface area contributed by atoms with Crippen LogP contribution in [0.1, 0.15) is 52.7 Å². The van der Waals surface area contributed by atoms with Gasteiger partial charge in [-0.3, -0.25) is 0 Å². The Bertz CT molecular complexity index is 925. The molecule has 0 radical (unpaired) electrons. The van der Waals surface area contributed by atoms with E-state index in [1.807, 2.05) is 0 Å². The van der Waals surface area contributed by atoms with Gasteiger partial charge in [0.25, 0.3) is 0 Å². The molecule has 0 fully saturated rings. The third-order valence-corrected chi connectivity index (χ3v) is 7.92. The van der Waals surface area contributed by atoms with Crippen LogP contribution in [-0.4, -0.2) is 5.11 Å².